The van der Waals surface area contributed by atoms with Crippen LogP contribution in [0.2, 0.25) is 10.0 Å². The van der Waals surface area contributed by atoms with Crippen LogP contribution in [0.5, 0.6) is 0 Å². The van der Waals surface area contributed by atoms with Crippen molar-refractivity contribution in [1.29, 1.82) is 0 Å². The van der Waals surface area contributed by atoms with Gasteiger partial charge in [-0.2, -0.15) is 0 Å². The molecule has 0 aromatic heterocycles. The normalized spacial score (nSPS) is 10.5. The monoisotopic (exact) mass is 296 g/mol. The van der Waals surface area contributed by atoms with E-state index in [9.17, 15) is 9.18 Å². The first-order chi connectivity index (χ1) is 8.97. The maximum absolute atomic E-state index is 13.3. The highest BCUT2D eigenvalue weighted by atomic mass is 35.5. The third-order valence-electron chi connectivity index (χ3n) is 2.76. The van der Waals surface area contributed by atoms with Crippen LogP contribution in [0.4, 0.5) is 4.39 Å². The Bertz CT molecular complexity index is 598. The molecule has 2 rings (SSSR count). The Labute approximate surface area is 121 Å². The second kappa shape index (κ2) is 5.72. The van der Waals surface area contributed by atoms with Crippen LogP contribution >= 0.6 is 23.2 Å². The van der Waals surface area contributed by atoms with Crippen molar-refractivity contribution >= 4 is 29.0 Å². The van der Waals surface area contributed by atoms with Gasteiger partial charge in [0.05, 0.1) is 0 Å². The molecule has 0 radical (unpaired) electrons. The van der Waals surface area contributed by atoms with Gasteiger partial charge in [0, 0.05) is 22.0 Å². The largest absolute Gasteiger partial charge is 0.294 e. The zero-order chi connectivity index (χ0) is 14.0. The van der Waals surface area contributed by atoms with Crippen LogP contribution in [0.15, 0.2) is 36.4 Å². The van der Waals surface area contributed by atoms with Gasteiger partial charge in [0.15, 0.2) is 5.78 Å². The minimum atomic E-state index is -0.423. The van der Waals surface area contributed by atoms with Crippen LogP contribution in [-0.4, -0.2) is 5.78 Å². The van der Waals surface area contributed by atoms with E-state index in [2.05, 4.69) is 0 Å². The second-order valence-corrected chi connectivity index (χ2v) is 5.13. The molecule has 2 aromatic rings. The lowest BCUT2D eigenvalue weighted by Gasteiger charge is -2.07. The SMILES string of the molecule is Cc1cc(F)cc(C(=O)Cc2c(Cl)cccc2Cl)c1. The topological polar surface area (TPSA) is 17.1 Å². The van der Waals surface area contributed by atoms with E-state index >= 15 is 0 Å². The van der Waals surface area contributed by atoms with Crippen molar-refractivity contribution < 1.29 is 9.18 Å². The van der Waals surface area contributed by atoms with E-state index < -0.39 is 5.82 Å². The molecular formula is C15H11Cl2FO. The number of hydrogen-bond acceptors (Lipinski definition) is 1. The first-order valence-electron chi connectivity index (χ1n) is 5.70. The van der Waals surface area contributed by atoms with Gasteiger partial charge in [0.25, 0.3) is 0 Å². The van der Waals surface area contributed by atoms with E-state index in [1.54, 1.807) is 31.2 Å². The van der Waals surface area contributed by atoms with Crippen LogP contribution in [0.25, 0.3) is 0 Å². The Morgan fingerprint density at radius 2 is 1.79 bits per heavy atom. The molecule has 0 aliphatic carbocycles. The smallest absolute Gasteiger partial charge is 0.167 e. The summed E-state index contributed by atoms with van der Waals surface area (Å²) in [6, 6.07) is 9.31. The summed E-state index contributed by atoms with van der Waals surface area (Å²) >= 11 is 12.0. The van der Waals surface area contributed by atoms with Gasteiger partial charge < -0.3 is 0 Å². The minimum Gasteiger partial charge on any atom is -0.294 e. The molecule has 19 heavy (non-hydrogen) atoms. The summed E-state index contributed by atoms with van der Waals surface area (Å²) in [5.41, 5.74) is 1.60. The molecule has 0 aliphatic rings. The number of carbonyl (C=O) groups excluding carboxylic acids is 1. The quantitative estimate of drug-likeness (QED) is 0.739. The standard InChI is InChI=1S/C15H11Cl2FO/c1-9-5-10(7-11(18)6-9)15(19)8-12-13(16)3-2-4-14(12)17/h2-7H,8H2,1H3. The highest BCUT2D eigenvalue weighted by Gasteiger charge is 2.13. The summed E-state index contributed by atoms with van der Waals surface area (Å²) in [5.74, 6) is -0.633. The predicted octanol–water partition coefficient (Wildman–Crippen LogP) is 4.87. The van der Waals surface area contributed by atoms with Crippen LogP contribution < -0.4 is 0 Å². The average Bonchev–Trinajstić information content (AvgIpc) is 2.32. The molecule has 0 atom stereocenters. The Morgan fingerprint density at radius 1 is 1.16 bits per heavy atom. The van der Waals surface area contributed by atoms with E-state index in [1.165, 1.54) is 12.1 Å². The van der Waals surface area contributed by atoms with E-state index in [1.807, 2.05) is 0 Å². The van der Waals surface area contributed by atoms with Gasteiger partial charge in [-0.25, -0.2) is 4.39 Å². The van der Waals surface area contributed by atoms with E-state index in [4.69, 9.17) is 23.2 Å². The Hall–Kier alpha value is -1.38. The first-order valence-corrected chi connectivity index (χ1v) is 6.46. The number of halogens is 3. The van der Waals surface area contributed by atoms with Crippen molar-refractivity contribution in [3.05, 3.63) is 69.0 Å². The van der Waals surface area contributed by atoms with Crippen molar-refractivity contribution in [3.63, 3.8) is 0 Å². The lowest BCUT2D eigenvalue weighted by atomic mass is 10.0. The van der Waals surface area contributed by atoms with Gasteiger partial charge in [0.2, 0.25) is 0 Å². The minimum absolute atomic E-state index is 0.0569. The summed E-state index contributed by atoms with van der Waals surface area (Å²) < 4.78 is 13.3. The predicted molar refractivity (Wildman–Crippen MR) is 75.6 cm³/mol. The molecule has 1 nitrogen and oxygen atoms in total. The Balaban J connectivity index is 2.31. The third-order valence-corrected chi connectivity index (χ3v) is 3.47. The molecule has 4 heteroatoms. The van der Waals surface area contributed by atoms with Crippen molar-refractivity contribution in [1.82, 2.24) is 0 Å². The van der Waals surface area contributed by atoms with Gasteiger partial charge in [0.1, 0.15) is 5.82 Å². The average molecular weight is 297 g/mol. The van der Waals surface area contributed by atoms with Crippen molar-refractivity contribution in [3.8, 4) is 0 Å². The summed E-state index contributed by atoms with van der Waals surface area (Å²) in [5, 5.41) is 0.878. The molecule has 0 saturated heterocycles. The van der Waals surface area contributed by atoms with Crippen LogP contribution in [0, 0.1) is 12.7 Å². The molecule has 0 saturated carbocycles. The van der Waals surface area contributed by atoms with Gasteiger partial charge in [-0.1, -0.05) is 29.3 Å². The summed E-state index contributed by atoms with van der Waals surface area (Å²) in [7, 11) is 0. The summed E-state index contributed by atoms with van der Waals surface area (Å²) in [4.78, 5) is 12.1. The molecule has 0 fully saturated rings. The number of aryl methyl sites for hydroxylation is 1. The second-order valence-electron chi connectivity index (χ2n) is 4.32. The molecule has 2 aromatic carbocycles. The molecule has 0 bridgehead atoms. The lowest BCUT2D eigenvalue weighted by Crippen LogP contribution is -2.05. The summed E-state index contributed by atoms with van der Waals surface area (Å²) in [6.07, 6.45) is 0.0569. The molecule has 0 unspecified atom stereocenters. The fourth-order valence-corrected chi connectivity index (χ4v) is 2.39. The van der Waals surface area contributed by atoms with E-state index in [-0.39, 0.29) is 12.2 Å². The van der Waals surface area contributed by atoms with Crippen LogP contribution in [0.1, 0.15) is 21.5 Å². The summed E-state index contributed by atoms with van der Waals surface area (Å²) in [6.45, 7) is 1.74. The zero-order valence-electron chi connectivity index (χ0n) is 10.2. The van der Waals surface area contributed by atoms with Gasteiger partial charge in [-0.3, -0.25) is 4.79 Å². The number of benzene rings is 2. The van der Waals surface area contributed by atoms with E-state index in [0.29, 0.717) is 26.7 Å². The van der Waals surface area contributed by atoms with Crippen molar-refractivity contribution in [2.24, 2.45) is 0 Å². The number of Topliss-reactive ketones (excluding diaryl/α,β-unsaturated/α-hetero) is 1. The third kappa shape index (κ3) is 3.34. The molecule has 0 heterocycles. The number of hydrogen-bond donors (Lipinski definition) is 0. The fraction of sp³-hybridized carbons (Fsp3) is 0.133. The fourth-order valence-electron chi connectivity index (χ4n) is 1.86. The molecule has 0 spiro atoms. The highest BCUT2D eigenvalue weighted by molar-refractivity contribution is 6.36. The Morgan fingerprint density at radius 3 is 2.37 bits per heavy atom. The molecule has 0 N–H and O–H groups in total. The van der Waals surface area contributed by atoms with Crippen LogP contribution in [0.3, 0.4) is 0 Å². The first kappa shape index (κ1) is 14.0. The van der Waals surface area contributed by atoms with Crippen LogP contribution in [-0.2, 0) is 6.42 Å². The number of carbonyl (C=O) groups is 1. The van der Waals surface area contributed by atoms with Gasteiger partial charge in [-0.15, -0.1) is 0 Å². The molecular weight excluding hydrogens is 286 g/mol. The number of ketones is 1. The molecule has 0 aliphatic heterocycles. The highest BCUT2D eigenvalue weighted by Crippen LogP contribution is 2.26. The van der Waals surface area contributed by atoms with E-state index in [0.717, 1.165) is 0 Å². The van der Waals surface area contributed by atoms with Gasteiger partial charge >= 0.3 is 0 Å². The zero-order valence-corrected chi connectivity index (χ0v) is 11.7. The lowest BCUT2D eigenvalue weighted by molar-refractivity contribution is 0.0992. The van der Waals surface area contributed by atoms with Crippen molar-refractivity contribution in [2.75, 3.05) is 0 Å². The number of rotatable bonds is 3. The maximum atomic E-state index is 13.3. The molecule has 0 amide bonds. The Kier molecular flexibility index (Phi) is 4.23. The van der Waals surface area contributed by atoms with Gasteiger partial charge in [-0.05, 0) is 48.4 Å². The molecule has 98 valence electrons. The maximum Gasteiger partial charge on any atom is 0.167 e. The van der Waals surface area contributed by atoms with Crippen molar-refractivity contribution in [2.45, 2.75) is 13.3 Å².